The Morgan fingerprint density at radius 3 is 0.717 bits per heavy atom. The number of hydrogen-bond acceptors (Lipinski definition) is 15. The molecule has 19 heteroatoms. The predicted molar refractivity (Wildman–Crippen MR) is 404 cm³/mol. The number of carbonyl (C=O) groups is 4. The third-order valence-corrected chi connectivity index (χ3v) is 20.8. The maximum absolute atomic E-state index is 13.1. The molecule has 0 aromatic carbocycles. The van der Waals surface area contributed by atoms with Crippen molar-refractivity contribution in [1.29, 1.82) is 0 Å². The van der Waals surface area contributed by atoms with E-state index >= 15 is 0 Å². The van der Waals surface area contributed by atoms with Gasteiger partial charge in [-0.2, -0.15) is 0 Å². The summed E-state index contributed by atoms with van der Waals surface area (Å²) in [6.45, 7) is 14.2. The highest BCUT2D eigenvalue weighted by molar-refractivity contribution is 7.47. The fourth-order valence-corrected chi connectivity index (χ4v) is 13.8. The molecule has 0 aliphatic carbocycles. The van der Waals surface area contributed by atoms with E-state index in [0.717, 1.165) is 120 Å². The van der Waals surface area contributed by atoms with Gasteiger partial charge in [-0.3, -0.25) is 37.3 Å². The Hall–Kier alpha value is -1.94. The normalized spacial score (nSPS) is 14.3. The van der Waals surface area contributed by atoms with Crippen LogP contribution in [-0.2, 0) is 65.4 Å². The lowest BCUT2D eigenvalue weighted by Crippen LogP contribution is -2.30. The molecule has 0 radical (unpaired) electrons. The summed E-state index contributed by atoms with van der Waals surface area (Å²) in [6, 6.07) is 0. The first-order valence-corrected chi connectivity index (χ1v) is 44.2. The standard InChI is InChI=1S/C80H156O17P2/c1-9-73(8)59-51-43-38-39-45-53-61-78(83)91-67-76(97-80(85)63-55-47-37-31-25-19-22-28-34-42-50-58-72(6)7)69-95-99(88,89)93-65-74(81)64-92-98(86,87)94-68-75(66-90-77(82)60-52-44-35-29-24-18-21-27-33-41-49-57-71(4)5)96-79(84)62-54-46-36-30-23-17-15-13-11-10-12-14-16-20-26-32-40-48-56-70(2)3/h70-76,81H,9-69H2,1-8H3,(H,86,87)(H,88,89)/t73?,74-,75-,76-/m1/s1. The molecular formula is C80H156O17P2. The SMILES string of the molecule is CCC(C)CCCCCCCCC(=O)OC[C@H](COP(=O)(O)OC[C@H](O)COP(=O)(O)OC[C@@H](COC(=O)CCCCCCCCCCCCCC(C)C)OC(=O)CCCCCCCCCCCCCCCCCCCCC(C)C)OC(=O)CCCCCCCCCCCCCC(C)C. The first-order valence-electron chi connectivity index (χ1n) is 41.2. The Bertz CT molecular complexity index is 1940. The van der Waals surface area contributed by atoms with Gasteiger partial charge in [0.05, 0.1) is 26.4 Å². The van der Waals surface area contributed by atoms with Crippen LogP contribution in [0.5, 0.6) is 0 Å². The fourth-order valence-electron chi connectivity index (χ4n) is 12.2. The Morgan fingerprint density at radius 1 is 0.283 bits per heavy atom. The molecule has 0 saturated heterocycles. The number of esters is 4. The van der Waals surface area contributed by atoms with Gasteiger partial charge in [0.2, 0.25) is 0 Å². The van der Waals surface area contributed by atoms with Crippen LogP contribution in [0.3, 0.4) is 0 Å². The maximum atomic E-state index is 13.1. The summed E-state index contributed by atoms with van der Waals surface area (Å²) in [6.07, 6.45) is 55.6. The van der Waals surface area contributed by atoms with Crippen molar-refractivity contribution in [3.05, 3.63) is 0 Å². The summed E-state index contributed by atoms with van der Waals surface area (Å²) < 4.78 is 68.7. The molecule has 6 atom stereocenters. The van der Waals surface area contributed by atoms with E-state index in [1.807, 2.05) is 0 Å². The van der Waals surface area contributed by atoms with Crippen molar-refractivity contribution >= 4 is 39.5 Å². The molecule has 0 bridgehead atoms. The van der Waals surface area contributed by atoms with Crippen LogP contribution in [0.2, 0.25) is 0 Å². The smallest absolute Gasteiger partial charge is 0.462 e. The van der Waals surface area contributed by atoms with E-state index < -0.39 is 97.5 Å². The van der Waals surface area contributed by atoms with Gasteiger partial charge in [-0.15, -0.1) is 0 Å². The highest BCUT2D eigenvalue weighted by Gasteiger charge is 2.30. The summed E-state index contributed by atoms with van der Waals surface area (Å²) in [5, 5.41) is 10.6. The molecule has 0 aromatic rings. The van der Waals surface area contributed by atoms with Crippen LogP contribution in [0, 0.1) is 23.7 Å². The minimum atomic E-state index is -4.96. The molecule has 0 saturated carbocycles. The zero-order valence-electron chi connectivity index (χ0n) is 65.1. The molecule has 0 aliphatic heterocycles. The highest BCUT2D eigenvalue weighted by atomic mass is 31.2. The predicted octanol–water partition coefficient (Wildman–Crippen LogP) is 23.6. The van der Waals surface area contributed by atoms with Crippen LogP contribution >= 0.6 is 15.6 Å². The van der Waals surface area contributed by atoms with E-state index in [0.29, 0.717) is 25.7 Å². The molecule has 588 valence electrons. The molecule has 0 heterocycles. The van der Waals surface area contributed by atoms with Crippen LogP contribution < -0.4 is 0 Å². The van der Waals surface area contributed by atoms with Crippen molar-refractivity contribution in [2.75, 3.05) is 39.6 Å². The first kappa shape index (κ1) is 97.1. The van der Waals surface area contributed by atoms with Gasteiger partial charge < -0.3 is 33.8 Å². The first-order chi connectivity index (χ1) is 47.6. The minimum absolute atomic E-state index is 0.105. The van der Waals surface area contributed by atoms with Gasteiger partial charge in [-0.1, -0.05) is 357 Å². The third kappa shape index (κ3) is 72.8. The summed E-state index contributed by atoms with van der Waals surface area (Å²) in [4.78, 5) is 73.0. The largest absolute Gasteiger partial charge is 0.472 e. The van der Waals surface area contributed by atoms with Crippen molar-refractivity contribution in [1.82, 2.24) is 0 Å². The second-order valence-electron chi connectivity index (χ2n) is 30.5. The Labute approximate surface area is 607 Å². The zero-order valence-corrected chi connectivity index (χ0v) is 66.9. The van der Waals surface area contributed by atoms with Gasteiger partial charge in [0.25, 0.3) is 0 Å². The van der Waals surface area contributed by atoms with Gasteiger partial charge in [-0.25, -0.2) is 9.13 Å². The number of phosphoric ester groups is 2. The average molecular weight is 1450 g/mol. The molecule has 3 N–H and O–H groups in total. The topological polar surface area (TPSA) is 237 Å². The van der Waals surface area contributed by atoms with E-state index in [-0.39, 0.29) is 25.7 Å². The molecule has 3 unspecified atom stereocenters. The quantitative estimate of drug-likeness (QED) is 0.0222. The number of hydrogen-bond donors (Lipinski definition) is 3. The third-order valence-electron chi connectivity index (χ3n) is 18.9. The molecule has 0 fully saturated rings. The second kappa shape index (κ2) is 69.1. The molecule has 0 spiro atoms. The lowest BCUT2D eigenvalue weighted by molar-refractivity contribution is -0.161. The maximum Gasteiger partial charge on any atom is 0.472 e. The van der Waals surface area contributed by atoms with Gasteiger partial charge in [0.15, 0.2) is 12.2 Å². The molecular weight excluding hydrogens is 1290 g/mol. The van der Waals surface area contributed by atoms with Crippen molar-refractivity contribution in [3.63, 3.8) is 0 Å². The molecule has 0 rings (SSSR count). The number of aliphatic hydroxyl groups excluding tert-OH is 1. The number of rotatable bonds is 77. The Morgan fingerprint density at radius 2 is 0.485 bits per heavy atom. The van der Waals surface area contributed by atoms with Crippen LogP contribution in [0.15, 0.2) is 0 Å². The van der Waals surface area contributed by atoms with E-state index in [2.05, 4.69) is 55.4 Å². The number of carbonyl (C=O) groups excluding carboxylic acids is 4. The van der Waals surface area contributed by atoms with E-state index in [1.165, 1.54) is 205 Å². The van der Waals surface area contributed by atoms with Crippen LogP contribution in [0.25, 0.3) is 0 Å². The van der Waals surface area contributed by atoms with Gasteiger partial charge in [0.1, 0.15) is 19.3 Å². The lowest BCUT2D eigenvalue weighted by atomic mass is 10.00. The van der Waals surface area contributed by atoms with Gasteiger partial charge in [-0.05, 0) is 49.4 Å². The number of aliphatic hydroxyl groups is 1. The fraction of sp³-hybridized carbons (Fsp3) is 0.950. The number of unbranched alkanes of at least 4 members (excludes halogenated alkanes) is 42. The number of phosphoric acid groups is 2. The molecule has 17 nitrogen and oxygen atoms in total. The van der Waals surface area contributed by atoms with Crippen LogP contribution in [-0.4, -0.2) is 96.7 Å². The van der Waals surface area contributed by atoms with E-state index in [4.69, 9.17) is 37.0 Å². The van der Waals surface area contributed by atoms with Crippen LogP contribution in [0.1, 0.15) is 409 Å². The van der Waals surface area contributed by atoms with Gasteiger partial charge >= 0.3 is 39.5 Å². The lowest BCUT2D eigenvalue weighted by Gasteiger charge is -2.21. The van der Waals surface area contributed by atoms with Crippen molar-refractivity contribution in [2.45, 2.75) is 427 Å². The Kier molecular flexibility index (Phi) is 67.8. The monoisotopic (exact) mass is 1450 g/mol. The summed E-state index contributed by atoms with van der Waals surface area (Å²) in [7, 11) is -9.92. The van der Waals surface area contributed by atoms with Crippen molar-refractivity contribution in [3.8, 4) is 0 Å². The van der Waals surface area contributed by atoms with Crippen LogP contribution in [0.4, 0.5) is 0 Å². The van der Waals surface area contributed by atoms with Gasteiger partial charge in [0, 0.05) is 25.7 Å². The van der Waals surface area contributed by atoms with E-state index in [9.17, 15) is 43.2 Å². The summed E-state index contributed by atoms with van der Waals surface area (Å²) >= 11 is 0. The zero-order chi connectivity index (χ0) is 73.1. The van der Waals surface area contributed by atoms with E-state index in [1.54, 1.807) is 0 Å². The summed E-state index contributed by atoms with van der Waals surface area (Å²) in [5.74, 6) is 0.971. The molecule has 0 aliphatic rings. The highest BCUT2D eigenvalue weighted by Crippen LogP contribution is 2.45. The van der Waals surface area contributed by atoms with Crippen molar-refractivity contribution in [2.24, 2.45) is 23.7 Å². The average Bonchev–Trinajstić information content (AvgIpc) is 0.962. The molecule has 0 amide bonds. The molecule has 0 aromatic heterocycles. The van der Waals surface area contributed by atoms with Crippen molar-refractivity contribution < 1.29 is 80.2 Å². The minimum Gasteiger partial charge on any atom is -0.462 e. The second-order valence-corrected chi connectivity index (χ2v) is 33.4. The Balaban J connectivity index is 5.23. The number of ether oxygens (including phenoxy) is 4. The molecule has 99 heavy (non-hydrogen) atoms. The summed E-state index contributed by atoms with van der Waals surface area (Å²) in [5.41, 5.74) is 0.